The van der Waals surface area contributed by atoms with E-state index in [1.807, 2.05) is 27.7 Å². The Morgan fingerprint density at radius 1 is 1.15 bits per heavy atom. The second-order valence-corrected chi connectivity index (χ2v) is 9.68. The van der Waals surface area contributed by atoms with Gasteiger partial charge >= 0.3 is 35.5 Å². The third-order valence-corrected chi connectivity index (χ3v) is 7.68. The zero-order valence-corrected chi connectivity index (χ0v) is 22.8. The summed E-state index contributed by atoms with van der Waals surface area (Å²) < 4.78 is 5.98. The van der Waals surface area contributed by atoms with Crippen molar-refractivity contribution in [3.05, 3.63) is 23.2 Å². The Kier molecular flexibility index (Phi) is 12.0. The molecule has 0 spiro atoms. The fourth-order valence-corrected chi connectivity index (χ4v) is 4.91. The quantitative estimate of drug-likeness (QED) is 0.229. The standard InChI is InChI=1S/C25H40O7.Na/c1-5-25(4,6-2)24(31)32-20-14-19(27)23(30)17-13-18(26)15(3)16(22(17)20)11-9-7-8-10-12-21(28)29;/h13,15-16,19-20,22,26-27,30H,5-12,14H2,1-4H3,(H,28,29);/q;+1/p-1/t15-,16+,19-,20-,22+;/m0./s1. The zero-order valence-electron chi connectivity index (χ0n) is 20.8. The predicted octanol–water partition coefficient (Wildman–Crippen LogP) is 0.720. The van der Waals surface area contributed by atoms with E-state index in [9.17, 15) is 30.0 Å². The van der Waals surface area contributed by atoms with Gasteiger partial charge in [-0.2, -0.15) is 0 Å². The molecule has 2 aliphatic rings. The Labute approximate surface area is 219 Å². The number of carbonyl (C=O) groups is 2. The van der Waals surface area contributed by atoms with Crippen LogP contribution in [0.1, 0.15) is 85.5 Å². The van der Waals surface area contributed by atoms with Gasteiger partial charge in [0.1, 0.15) is 18.0 Å². The summed E-state index contributed by atoms with van der Waals surface area (Å²) in [6.45, 7) is 7.70. The Morgan fingerprint density at radius 2 is 1.76 bits per heavy atom. The van der Waals surface area contributed by atoms with Crippen LogP contribution < -0.4 is 34.7 Å². The SMILES string of the molecule is CCC(C)(CC)C(=O)O[C@H]1C[C@H](O)C(O)=C2C=C(O)[C@@H](C)[C@@H](CCCCCCC(=O)[O-])[C@H]21.[Na+]. The maximum Gasteiger partial charge on any atom is 1.00 e. The first-order valence-corrected chi connectivity index (χ1v) is 12.0. The molecule has 0 bridgehead atoms. The Bertz CT molecular complexity index is 741. The van der Waals surface area contributed by atoms with Gasteiger partial charge < -0.3 is 30.0 Å². The maximum absolute atomic E-state index is 13.0. The van der Waals surface area contributed by atoms with Crippen LogP contribution >= 0.6 is 0 Å². The van der Waals surface area contributed by atoms with Gasteiger partial charge in [-0.05, 0) is 51.0 Å². The topological polar surface area (TPSA) is 127 Å². The van der Waals surface area contributed by atoms with Gasteiger partial charge in [-0.25, -0.2) is 0 Å². The summed E-state index contributed by atoms with van der Waals surface area (Å²) >= 11 is 0. The molecule has 0 saturated carbocycles. The first-order chi connectivity index (χ1) is 15.1. The van der Waals surface area contributed by atoms with Crippen LogP contribution in [0.5, 0.6) is 0 Å². The van der Waals surface area contributed by atoms with Crippen LogP contribution in [0.4, 0.5) is 0 Å². The molecule has 182 valence electrons. The summed E-state index contributed by atoms with van der Waals surface area (Å²) in [5, 5.41) is 42.1. The number of carbonyl (C=O) groups excluding carboxylic acids is 2. The molecule has 0 saturated heterocycles. The number of rotatable bonds is 11. The van der Waals surface area contributed by atoms with E-state index in [2.05, 4.69) is 0 Å². The third kappa shape index (κ3) is 7.23. The van der Waals surface area contributed by atoms with Gasteiger partial charge in [-0.3, -0.25) is 4.79 Å². The molecule has 2 rings (SSSR count). The van der Waals surface area contributed by atoms with Crippen LogP contribution in [0.3, 0.4) is 0 Å². The second kappa shape index (κ2) is 13.2. The van der Waals surface area contributed by atoms with Crippen LogP contribution in [0.2, 0.25) is 0 Å². The summed E-state index contributed by atoms with van der Waals surface area (Å²) in [5.74, 6) is -1.91. The smallest absolute Gasteiger partial charge is 0.550 e. The zero-order chi connectivity index (χ0) is 24.1. The first-order valence-electron chi connectivity index (χ1n) is 12.0. The molecular weight excluding hydrogens is 435 g/mol. The van der Waals surface area contributed by atoms with Crippen molar-refractivity contribution in [2.24, 2.45) is 23.2 Å². The minimum atomic E-state index is -1.14. The molecule has 0 aliphatic heterocycles. The molecule has 2 aliphatic carbocycles. The van der Waals surface area contributed by atoms with Crippen molar-refractivity contribution in [2.45, 2.75) is 97.7 Å². The molecule has 0 radical (unpaired) electrons. The molecule has 3 N–H and O–H groups in total. The van der Waals surface area contributed by atoms with Crippen molar-refractivity contribution >= 4 is 11.9 Å². The van der Waals surface area contributed by atoms with Crippen molar-refractivity contribution in [2.75, 3.05) is 0 Å². The van der Waals surface area contributed by atoms with E-state index >= 15 is 0 Å². The molecule has 0 unspecified atom stereocenters. The van der Waals surface area contributed by atoms with Gasteiger partial charge in [0, 0.05) is 29.8 Å². The van der Waals surface area contributed by atoms with Crippen molar-refractivity contribution in [1.29, 1.82) is 0 Å². The van der Waals surface area contributed by atoms with Crippen molar-refractivity contribution in [3.8, 4) is 0 Å². The minimum Gasteiger partial charge on any atom is -0.550 e. The Balaban J connectivity index is 0.00000544. The van der Waals surface area contributed by atoms with E-state index in [1.54, 1.807) is 0 Å². The molecule has 5 atom stereocenters. The van der Waals surface area contributed by atoms with E-state index < -0.39 is 23.6 Å². The first kappa shape index (κ1) is 30.0. The van der Waals surface area contributed by atoms with Gasteiger partial charge in [0.25, 0.3) is 0 Å². The fourth-order valence-electron chi connectivity index (χ4n) is 4.91. The monoisotopic (exact) mass is 474 g/mol. The summed E-state index contributed by atoms with van der Waals surface area (Å²) in [6, 6.07) is 0. The molecule has 0 fully saturated rings. The van der Waals surface area contributed by atoms with Crippen LogP contribution in [0, 0.1) is 23.2 Å². The molecule has 7 nitrogen and oxygen atoms in total. The normalized spacial score (nSPS) is 27.3. The number of unbranched alkanes of at least 4 members (excludes halogenated alkanes) is 3. The van der Waals surface area contributed by atoms with E-state index in [0.717, 1.165) is 25.7 Å². The summed E-state index contributed by atoms with van der Waals surface area (Å²) in [5.41, 5.74) is -0.157. The van der Waals surface area contributed by atoms with E-state index in [1.165, 1.54) is 6.08 Å². The molecule has 8 heteroatoms. The molecule has 0 aromatic carbocycles. The van der Waals surface area contributed by atoms with Crippen LogP contribution in [0.15, 0.2) is 23.2 Å². The molecule has 33 heavy (non-hydrogen) atoms. The average Bonchev–Trinajstić information content (AvgIpc) is 2.75. The minimum absolute atomic E-state index is 0. The number of allylic oxidation sites excluding steroid dienone is 2. The average molecular weight is 475 g/mol. The number of aliphatic carboxylic acids is 1. The van der Waals surface area contributed by atoms with Gasteiger partial charge in [-0.15, -0.1) is 0 Å². The number of ether oxygens (including phenoxy) is 1. The van der Waals surface area contributed by atoms with E-state index in [0.29, 0.717) is 24.8 Å². The Hall–Kier alpha value is -1.02. The number of aliphatic hydroxyl groups excluding tert-OH is 3. The largest absolute Gasteiger partial charge is 1.00 e. The second-order valence-electron chi connectivity index (χ2n) is 9.68. The summed E-state index contributed by atoms with van der Waals surface area (Å²) in [6.07, 6.45) is 4.99. The predicted molar refractivity (Wildman–Crippen MR) is 118 cm³/mol. The fraction of sp³-hybridized carbons (Fsp3) is 0.760. The van der Waals surface area contributed by atoms with Crippen molar-refractivity contribution < 1.29 is 64.3 Å². The van der Waals surface area contributed by atoms with Gasteiger partial charge in [-0.1, -0.05) is 40.0 Å². The van der Waals surface area contributed by atoms with Gasteiger partial charge in [0.15, 0.2) is 0 Å². The molecule has 0 aromatic heterocycles. The third-order valence-electron chi connectivity index (χ3n) is 7.68. The molecule has 0 amide bonds. The van der Waals surface area contributed by atoms with E-state index in [-0.39, 0.29) is 77.6 Å². The molecular formula is C25H39NaO7. The number of carboxylic acid groups (broad SMARTS) is 1. The number of carboxylic acids is 1. The summed E-state index contributed by atoms with van der Waals surface area (Å²) in [4.78, 5) is 23.6. The van der Waals surface area contributed by atoms with Gasteiger partial charge in [0.2, 0.25) is 0 Å². The van der Waals surface area contributed by atoms with Crippen LogP contribution in [-0.2, 0) is 14.3 Å². The molecule has 0 aromatic rings. The van der Waals surface area contributed by atoms with E-state index in [4.69, 9.17) is 4.74 Å². The van der Waals surface area contributed by atoms with Crippen molar-refractivity contribution in [3.63, 3.8) is 0 Å². The number of fused-ring (bicyclic) bond motifs is 1. The Morgan fingerprint density at radius 3 is 2.33 bits per heavy atom. The van der Waals surface area contributed by atoms with Gasteiger partial charge in [0.05, 0.1) is 11.2 Å². The molecule has 0 heterocycles. The number of hydrogen-bond acceptors (Lipinski definition) is 7. The maximum atomic E-state index is 13.0. The summed E-state index contributed by atoms with van der Waals surface area (Å²) in [7, 11) is 0. The number of esters is 1. The van der Waals surface area contributed by atoms with Crippen LogP contribution in [0.25, 0.3) is 0 Å². The van der Waals surface area contributed by atoms with Crippen LogP contribution in [-0.4, -0.2) is 39.5 Å². The number of aliphatic hydroxyl groups is 3. The van der Waals surface area contributed by atoms with Crippen molar-refractivity contribution in [1.82, 2.24) is 0 Å². The number of hydrogen-bond donors (Lipinski definition) is 3.